The highest BCUT2D eigenvalue weighted by Crippen LogP contribution is 2.19. The van der Waals surface area contributed by atoms with Gasteiger partial charge in [0.15, 0.2) is 0 Å². The highest BCUT2D eigenvalue weighted by atomic mass is 32.2. The summed E-state index contributed by atoms with van der Waals surface area (Å²) in [6.07, 6.45) is 3.78. The fraction of sp³-hybridized carbons (Fsp3) is 0.833. The van der Waals surface area contributed by atoms with Crippen LogP contribution in [0.15, 0.2) is 6.33 Å². The number of hydrogen-bond donors (Lipinski definition) is 1. The molecule has 1 heterocycles. The minimum Gasteiger partial charge on any atom is -0.308 e. The van der Waals surface area contributed by atoms with Crippen molar-refractivity contribution in [3.8, 4) is 0 Å². The Morgan fingerprint density at radius 3 is 2.76 bits per heavy atom. The second-order valence-corrected chi connectivity index (χ2v) is 6.83. The Morgan fingerprint density at radius 2 is 2.18 bits per heavy atom. The summed E-state index contributed by atoms with van der Waals surface area (Å²) in [4.78, 5) is 4.30. The van der Waals surface area contributed by atoms with Crippen LogP contribution in [0.2, 0.25) is 0 Å². The molecule has 17 heavy (non-hydrogen) atoms. The van der Waals surface area contributed by atoms with E-state index in [1.165, 1.54) is 0 Å². The second kappa shape index (κ2) is 6.40. The maximum absolute atomic E-state index is 4.30. The first-order valence-electron chi connectivity index (χ1n) is 6.07. The predicted octanol–water partition coefficient (Wildman–Crippen LogP) is 2.17. The van der Waals surface area contributed by atoms with Gasteiger partial charge in [0, 0.05) is 17.8 Å². The Balaban J connectivity index is 2.44. The molecule has 0 aliphatic carbocycles. The van der Waals surface area contributed by atoms with Gasteiger partial charge in [0.25, 0.3) is 0 Å². The fourth-order valence-corrected chi connectivity index (χ4v) is 1.72. The Morgan fingerprint density at radius 1 is 1.47 bits per heavy atom. The lowest BCUT2D eigenvalue weighted by atomic mass is 10.2. The van der Waals surface area contributed by atoms with Crippen LogP contribution in [0.5, 0.6) is 0 Å². The fourth-order valence-electron chi connectivity index (χ4n) is 1.47. The van der Waals surface area contributed by atoms with Crippen molar-refractivity contribution in [2.24, 2.45) is 5.92 Å². The van der Waals surface area contributed by atoms with Crippen molar-refractivity contribution in [3.05, 3.63) is 12.2 Å². The Hall–Kier alpha value is -0.550. The highest BCUT2D eigenvalue weighted by molar-refractivity contribution is 7.99. The van der Waals surface area contributed by atoms with Gasteiger partial charge in [0.2, 0.25) is 0 Å². The molecule has 1 aromatic rings. The number of hydrogen-bond acceptors (Lipinski definition) is 4. The average molecular weight is 256 g/mol. The van der Waals surface area contributed by atoms with E-state index < -0.39 is 0 Å². The first-order chi connectivity index (χ1) is 7.94. The third-order valence-corrected chi connectivity index (χ3v) is 3.87. The molecule has 98 valence electrons. The van der Waals surface area contributed by atoms with Gasteiger partial charge < -0.3 is 5.32 Å². The van der Waals surface area contributed by atoms with Crippen LogP contribution < -0.4 is 5.32 Å². The molecule has 0 saturated carbocycles. The molecule has 0 unspecified atom stereocenters. The van der Waals surface area contributed by atoms with Gasteiger partial charge >= 0.3 is 0 Å². The largest absolute Gasteiger partial charge is 0.308 e. The lowest BCUT2D eigenvalue weighted by Gasteiger charge is -2.22. The summed E-state index contributed by atoms with van der Waals surface area (Å²) in [5, 5.41) is 7.70. The molecule has 5 heteroatoms. The van der Waals surface area contributed by atoms with Gasteiger partial charge in [-0.3, -0.25) is 0 Å². The minimum absolute atomic E-state index is 0.267. The molecular weight excluding hydrogens is 232 g/mol. The molecule has 4 nitrogen and oxygen atoms in total. The number of aromatic nitrogens is 3. The van der Waals surface area contributed by atoms with E-state index in [9.17, 15) is 0 Å². The zero-order valence-corrected chi connectivity index (χ0v) is 12.3. The molecule has 0 fully saturated rings. The van der Waals surface area contributed by atoms with Gasteiger partial charge in [-0.2, -0.15) is 16.9 Å². The van der Waals surface area contributed by atoms with Crippen LogP contribution in [0, 0.1) is 5.92 Å². The van der Waals surface area contributed by atoms with Gasteiger partial charge in [-0.25, -0.2) is 9.67 Å². The molecule has 0 aliphatic heterocycles. The molecule has 0 aromatic carbocycles. The van der Waals surface area contributed by atoms with Crippen LogP contribution in [0.1, 0.15) is 33.5 Å². The van der Waals surface area contributed by atoms with Gasteiger partial charge in [0.05, 0.1) is 6.54 Å². The van der Waals surface area contributed by atoms with E-state index in [1.807, 2.05) is 16.4 Å². The van der Waals surface area contributed by atoms with Crippen LogP contribution in [-0.2, 0) is 13.1 Å². The van der Waals surface area contributed by atoms with Crippen molar-refractivity contribution in [2.75, 3.05) is 12.8 Å². The summed E-state index contributed by atoms with van der Waals surface area (Å²) >= 11 is 1.87. The third kappa shape index (κ3) is 5.08. The lowest BCUT2D eigenvalue weighted by molar-refractivity contribution is 0.454. The second-order valence-electron chi connectivity index (χ2n) is 5.32. The van der Waals surface area contributed by atoms with E-state index >= 15 is 0 Å². The molecule has 0 atom stereocenters. The summed E-state index contributed by atoms with van der Waals surface area (Å²) in [5.74, 6) is 1.62. The summed E-state index contributed by atoms with van der Waals surface area (Å²) in [6, 6.07) is 0. The first kappa shape index (κ1) is 14.5. The minimum atomic E-state index is 0.267. The quantitative estimate of drug-likeness (QED) is 0.812. The average Bonchev–Trinajstić information content (AvgIpc) is 2.65. The normalized spacial score (nSPS) is 12.4. The highest BCUT2D eigenvalue weighted by Gasteiger charge is 2.15. The number of rotatable bonds is 7. The monoisotopic (exact) mass is 256 g/mol. The van der Waals surface area contributed by atoms with E-state index in [-0.39, 0.29) is 4.75 Å². The van der Waals surface area contributed by atoms with Crippen molar-refractivity contribution >= 4 is 11.8 Å². The SMILES string of the molecule is CSC(C)(C)CNCc1ncnn1CC(C)C. The van der Waals surface area contributed by atoms with E-state index in [4.69, 9.17) is 0 Å². The maximum Gasteiger partial charge on any atom is 0.140 e. The van der Waals surface area contributed by atoms with E-state index in [2.05, 4.69) is 49.4 Å². The van der Waals surface area contributed by atoms with Crippen LogP contribution in [0.4, 0.5) is 0 Å². The van der Waals surface area contributed by atoms with Crippen molar-refractivity contribution in [1.82, 2.24) is 20.1 Å². The Kier molecular flexibility index (Phi) is 5.46. The molecule has 0 spiro atoms. The Labute approximate surface area is 109 Å². The van der Waals surface area contributed by atoms with Crippen molar-refractivity contribution in [2.45, 2.75) is 45.5 Å². The van der Waals surface area contributed by atoms with Gasteiger partial charge in [-0.15, -0.1) is 0 Å². The van der Waals surface area contributed by atoms with Crippen molar-refractivity contribution in [1.29, 1.82) is 0 Å². The third-order valence-electron chi connectivity index (χ3n) is 2.62. The molecule has 0 aliphatic rings. The van der Waals surface area contributed by atoms with Gasteiger partial charge in [-0.05, 0) is 26.0 Å². The molecule has 0 bridgehead atoms. The molecule has 0 radical (unpaired) electrons. The van der Waals surface area contributed by atoms with E-state index in [0.717, 1.165) is 25.5 Å². The number of nitrogens with zero attached hydrogens (tertiary/aromatic N) is 3. The zero-order valence-electron chi connectivity index (χ0n) is 11.5. The van der Waals surface area contributed by atoms with E-state index in [0.29, 0.717) is 5.92 Å². The summed E-state index contributed by atoms with van der Waals surface area (Å²) in [5.41, 5.74) is 0. The van der Waals surface area contributed by atoms with Crippen LogP contribution in [-0.4, -0.2) is 32.3 Å². The molecule has 1 rings (SSSR count). The first-order valence-corrected chi connectivity index (χ1v) is 7.29. The Bertz CT molecular complexity index is 333. The summed E-state index contributed by atoms with van der Waals surface area (Å²) < 4.78 is 2.26. The number of thioether (sulfide) groups is 1. The summed E-state index contributed by atoms with van der Waals surface area (Å²) in [7, 11) is 0. The topological polar surface area (TPSA) is 42.7 Å². The van der Waals surface area contributed by atoms with Crippen molar-refractivity contribution in [3.63, 3.8) is 0 Å². The van der Waals surface area contributed by atoms with E-state index in [1.54, 1.807) is 6.33 Å². The van der Waals surface area contributed by atoms with Gasteiger partial charge in [0.1, 0.15) is 12.2 Å². The smallest absolute Gasteiger partial charge is 0.140 e. The van der Waals surface area contributed by atoms with Crippen LogP contribution in [0.25, 0.3) is 0 Å². The molecular formula is C12H24N4S. The molecule has 1 N–H and O–H groups in total. The zero-order chi connectivity index (χ0) is 12.9. The molecule has 0 saturated heterocycles. The van der Waals surface area contributed by atoms with Crippen molar-refractivity contribution < 1.29 is 0 Å². The standard InChI is InChI=1S/C12H24N4S/c1-10(2)7-16-11(14-9-15-16)6-13-8-12(3,4)17-5/h9-10,13H,6-8H2,1-5H3. The van der Waals surface area contributed by atoms with Crippen LogP contribution >= 0.6 is 11.8 Å². The van der Waals surface area contributed by atoms with Gasteiger partial charge in [-0.1, -0.05) is 13.8 Å². The number of nitrogens with one attached hydrogen (secondary N) is 1. The lowest BCUT2D eigenvalue weighted by Crippen LogP contribution is -2.32. The summed E-state index contributed by atoms with van der Waals surface area (Å²) in [6.45, 7) is 11.6. The maximum atomic E-state index is 4.30. The predicted molar refractivity (Wildman–Crippen MR) is 74.2 cm³/mol. The molecule has 1 aromatic heterocycles. The van der Waals surface area contributed by atoms with Crippen LogP contribution in [0.3, 0.4) is 0 Å². The molecule has 0 amide bonds.